The van der Waals surface area contributed by atoms with Crippen molar-refractivity contribution >= 4 is 17.9 Å². The predicted octanol–water partition coefficient (Wildman–Crippen LogP) is 3.52. The molecule has 1 aromatic carbocycles. The Morgan fingerprint density at radius 2 is 1.89 bits per heavy atom. The number of carbonyl (C=O) groups is 3. The van der Waals surface area contributed by atoms with Gasteiger partial charge in [0.2, 0.25) is 5.91 Å². The van der Waals surface area contributed by atoms with Crippen LogP contribution < -0.4 is 5.32 Å². The summed E-state index contributed by atoms with van der Waals surface area (Å²) in [5.74, 6) is -2.16. The number of carboxylic acid groups (broad SMARTS) is 1. The fourth-order valence-electron chi connectivity index (χ4n) is 3.76. The number of rotatable bonds is 9. The molecule has 2 rings (SSSR count). The van der Waals surface area contributed by atoms with Gasteiger partial charge in [0, 0.05) is 6.04 Å². The summed E-state index contributed by atoms with van der Waals surface area (Å²) in [6.45, 7) is 6.06. The Kier molecular flexibility index (Phi) is 7.39. The monoisotopic (exact) mass is 374 g/mol. The Hall–Kier alpha value is -2.37. The summed E-state index contributed by atoms with van der Waals surface area (Å²) < 4.78 is 0. The number of hydrogen-bond acceptors (Lipinski definition) is 3. The highest BCUT2D eigenvalue weighted by Crippen LogP contribution is 2.31. The van der Waals surface area contributed by atoms with Crippen LogP contribution >= 0.6 is 0 Å². The van der Waals surface area contributed by atoms with E-state index in [1.165, 1.54) is 0 Å². The molecular weight excluding hydrogens is 344 g/mol. The van der Waals surface area contributed by atoms with Crippen LogP contribution in [0.4, 0.5) is 4.79 Å². The van der Waals surface area contributed by atoms with Gasteiger partial charge in [0.15, 0.2) is 6.04 Å². The summed E-state index contributed by atoms with van der Waals surface area (Å²) in [6, 6.07) is 6.26. The number of hydrogen-bond donors (Lipinski definition) is 2. The third-order valence-electron chi connectivity index (χ3n) is 5.11. The Bertz CT molecular complexity index is 683. The summed E-state index contributed by atoms with van der Waals surface area (Å²) in [5, 5.41) is 12.4. The molecule has 0 saturated carbocycles. The molecule has 2 atom stereocenters. The van der Waals surface area contributed by atoms with Gasteiger partial charge < -0.3 is 10.4 Å². The van der Waals surface area contributed by atoms with E-state index in [1.54, 1.807) is 0 Å². The molecule has 2 N–H and O–H groups in total. The number of imide groups is 1. The molecule has 148 valence electrons. The smallest absolute Gasteiger partial charge is 0.327 e. The summed E-state index contributed by atoms with van der Waals surface area (Å²) >= 11 is 0. The van der Waals surface area contributed by atoms with Gasteiger partial charge in [0.05, 0.1) is 5.92 Å². The molecular formula is C21H30N2O4. The van der Waals surface area contributed by atoms with Crippen LogP contribution in [0.5, 0.6) is 0 Å². The quantitative estimate of drug-likeness (QED) is 0.648. The lowest BCUT2D eigenvalue weighted by molar-refractivity contribution is -0.166. The maximum atomic E-state index is 12.5. The molecule has 1 fully saturated rings. The van der Waals surface area contributed by atoms with Gasteiger partial charge in [-0.05, 0) is 38.2 Å². The number of carboxylic acids is 1. The molecule has 1 aliphatic rings. The minimum atomic E-state index is -1.12. The minimum absolute atomic E-state index is 0.0268. The third kappa shape index (κ3) is 5.08. The largest absolute Gasteiger partial charge is 0.480 e. The lowest BCUT2D eigenvalue weighted by Gasteiger charge is -2.43. The van der Waals surface area contributed by atoms with Crippen molar-refractivity contribution in [1.82, 2.24) is 10.2 Å². The molecule has 0 aromatic heterocycles. The molecule has 3 amide bonds. The van der Waals surface area contributed by atoms with Crippen molar-refractivity contribution in [2.45, 2.75) is 71.4 Å². The first-order valence-electron chi connectivity index (χ1n) is 9.80. The lowest BCUT2D eigenvalue weighted by atomic mass is 9.83. The Morgan fingerprint density at radius 1 is 1.22 bits per heavy atom. The van der Waals surface area contributed by atoms with Gasteiger partial charge in [-0.15, -0.1) is 0 Å². The molecule has 0 spiro atoms. The van der Waals surface area contributed by atoms with Crippen LogP contribution in [-0.4, -0.2) is 40.0 Å². The molecule has 0 bridgehead atoms. The highest BCUT2D eigenvalue weighted by molar-refractivity contribution is 6.07. The number of nitrogens with one attached hydrogen (secondary N) is 1. The van der Waals surface area contributed by atoms with Gasteiger partial charge in [-0.25, -0.2) is 14.5 Å². The first-order chi connectivity index (χ1) is 12.9. The zero-order valence-electron chi connectivity index (χ0n) is 16.4. The zero-order valence-corrected chi connectivity index (χ0v) is 16.4. The number of urea groups is 1. The summed E-state index contributed by atoms with van der Waals surface area (Å²) in [4.78, 5) is 37.6. The van der Waals surface area contributed by atoms with Crippen molar-refractivity contribution in [2.75, 3.05) is 0 Å². The van der Waals surface area contributed by atoms with Crippen LogP contribution in [0.3, 0.4) is 0 Å². The van der Waals surface area contributed by atoms with Crippen LogP contribution in [0.1, 0.15) is 57.1 Å². The second-order valence-electron chi connectivity index (χ2n) is 7.35. The average Bonchev–Trinajstić information content (AvgIpc) is 2.59. The van der Waals surface area contributed by atoms with E-state index in [2.05, 4.69) is 5.32 Å². The van der Waals surface area contributed by atoms with E-state index in [9.17, 15) is 19.5 Å². The first kappa shape index (κ1) is 20.9. The number of amides is 3. The first-order valence-corrected chi connectivity index (χ1v) is 9.80. The van der Waals surface area contributed by atoms with Crippen molar-refractivity contribution in [2.24, 2.45) is 5.92 Å². The molecule has 0 radical (unpaired) electrons. The van der Waals surface area contributed by atoms with Gasteiger partial charge in [-0.3, -0.25) is 4.79 Å². The number of benzene rings is 1. The van der Waals surface area contributed by atoms with E-state index >= 15 is 0 Å². The van der Waals surface area contributed by atoms with Gasteiger partial charge in [-0.1, -0.05) is 56.5 Å². The van der Waals surface area contributed by atoms with E-state index < -0.39 is 24.0 Å². The number of aliphatic carboxylic acids is 1. The Labute approximate surface area is 160 Å². The van der Waals surface area contributed by atoms with Crippen LogP contribution in [0, 0.1) is 12.8 Å². The number of likely N-dealkylation sites (tertiary alicyclic amines) is 1. The number of nitrogens with zero attached hydrogens (tertiary/aromatic N) is 1. The van der Waals surface area contributed by atoms with Gasteiger partial charge in [-0.2, -0.15) is 0 Å². The summed E-state index contributed by atoms with van der Waals surface area (Å²) in [5.41, 5.74) is 2.20. The highest BCUT2D eigenvalue weighted by Gasteiger charge is 2.54. The molecule has 6 heteroatoms. The van der Waals surface area contributed by atoms with Gasteiger partial charge in [0.1, 0.15) is 0 Å². The molecule has 0 unspecified atom stereocenters. The Morgan fingerprint density at radius 3 is 2.44 bits per heavy atom. The topological polar surface area (TPSA) is 86.7 Å². The van der Waals surface area contributed by atoms with Crippen molar-refractivity contribution in [3.05, 3.63) is 35.4 Å². The minimum Gasteiger partial charge on any atom is -0.480 e. The van der Waals surface area contributed by atoms with Crippen LogP contribution in [0.2, 0.25) is 0 Å². The van der Waals surface area contributed by atoms with Crippen LogP contribution in [0.25, 0.3) is 0 Å². The third-order valence-corrected chi connectivity index (χ3v) is 5.11. The SMILES string of the molecule is CCCC(CCC)NC(=O)N1C(=O)[C@H](CCc2cccc(C)c2)[C@H]1C(=O)O. The predicted molar refractivity (Wildman–Crippen MR) is 103 cm³/mol. The second kappa shape index (κ2) is 9.53. The molecule has 6 nitrogen and oxygen atoms in total. The lowest BCUT2D eigenvalue weighted by Crippen LogP contribution is -2.68. The average molecular weight is 374 g/mol. The van der Waals surface area contributed by atoms with E-state index in [0.29, 0.717) is 12.8 Å². The summed E-state index contributed by atoms with van der Waals surface area (Å²) in [6.07, 6.45) is 4.51. The molecule has 0 aliphatic carbocycles. The van der Waals surface area contributed by atoms with Crippen molar-refractivity contribution in [3.8, 4) is 0 Å². The van der Waals surface area contributed by atoms with Crippen LogP contribution in [-0.2, 0) is 16.0 Å². The van der Waals surface area contributed by atoms with Crippen molar-refractivity contribution in [3.63, 3.8) is 0 Å². The summed E-state index contributed by atoms with van der Waals surface area (Å²) in [7, 11) is 0. The second-order valence-corrected chi connectivity index (χ2v) is 7.35. The van der Waals surface area contributed by atoms with Crippen molar-refractivity contribution in [1.29, 1.82) is 0 Å². The van der Waals surface area contributed by atoms with Gasteiger partial charge in [0.25, 0.3) is 0 Å². The standard InChI is InChI=1S/C21H30N2O4/c1-4-7-16(8-5-2)22-21(27)23-18(20(25)26)17(19(23)24)12-11-15-10-6-9-14(3)13-15/h6,9-10,13,16-18H,4-5,7-8,11-12H2,1-3H3,(H,22,27)(H,25,26)/t17-,18+/m1/s1. The van der Waals surface area contributed by atoms with Crippen LogP contribution in [0.15, 0.2) is 24.3 Å². The molecule has 1 heterocycles. The molecule has 1 saturated heterocycles. The highest BCUT2D eigenvalue weighted by atomic mass is 16.4. The molecule has 27 heavy (non-hydrogen) atoms. The number of β-lactam (4-membered cyclic amide) rings is 1. The maximum absolute atomic E-state index is 12.5. The van der Waals surface area contributed by atoms with E-state index in [0.717, 1.165) is 41.7 Å². The normalized spacial score (nSPS) is 19.1. The fraction of sp³-hybridized carbons (Fsp3) is 0.571. The Balaban J connectivity index is 2.01. The van der Waals surface area contributed by atoms with Gasteiger partial charge >= 0.3 is 12.0 Å². The van der Waals surface area contributed by atoms with Crippen molar-refractivity contribution < 1.29 is 19.5 Å². The number of carbonyl (C=O) groups excluding carboxylic acids is 2. The fourth-order valence-corrected chi connectivity index (χ4v) is 3.76. The zero-order chi connectivity index (χ0) is 20.0. The molecule has 1 aliphatic heterocycles. The maximum Gasteiger partial charge on any atom is 0.327 e. The molecule has 1 aromatic rings. The number of aryl methyl sites for hydroxylation is 2. The van der Waals surface area contributed by atoms with E-state index in [-0.39, 0.29) is 11.9 Å². The van der Waals surface area contributed by atoms with E-state index in [1.807, 2.05) is 45.0 Å². The van der Waals surface area contributed by atoms with E-state index in [4.69, 9.17) is 0 Å².